The van der Waals surface area contributed by atoms with E-state index in [9.17, 15) is 4.79 Å². The minimum atomic E-state index is -0.351. The smallest absolute Gasteiger partial charge is 0.341 e. The Morgan fingerprint density at radius 2 is 2.25 bits per heavy atom. The van der Waals surface area contributed by atoms with Gasteiger partial charge in [-0.3, -0.25) is 4.98 Å². The quantitative estimate of drug-likeness (QED) is 0.774. The van der Waals surface area contributed by atoms with Crippen LogP contribution in [0.15, 0.2) is 28.9 Å². The van der Waals surface area contributed by atoms with Crippen molar-refractivity contribution in [1.29, 1.82) is 0 Å². The molecule has 0 spiro atoms. The molecule has 0 radical (unpaired) electrons. The van der Waals surface area contributed by atoms with Gasteiger partial charge in [0, 0.05) is 29.2 Å². The number of nitrogens with zero attached hydrogens (tertiary/aromatic N) is 1. The predicted molar refractivity (Wildman–Crippen MR) is 97.5 cm³/mol. The van der Waals surface area contributed by atoms with Crippen LogP contribution in [0.4, 0.5) is 5.69 Å². The minimum absolute atomic E-state index is 0.271. The number of benzene rings is 1. The Hall–Kier alpha value is -1.66. The van der Waals surface area contributed by atoms with Crippen molar-refractivity contribution in [2.75, 3.05) is 19.0 Å². The van der Waals surface area contributed by atoms with Crippen LogP contribution in [-0.4, -0.2) is 36.8 Å². The van der Waals surface area contributed by atoms with Crippen LogP contribution in [0, 0.1) is 0 Å². The zero-order chi connectivity index (χ0) is 17.1. The lowest BCUT2D eigenvalue weighted by atomic mass is 10.1. The lowest BCUT2D eigenvalue weighted by molar-refractivity contribution is 0.0527. The Labute approximate surface area is 149 Å². The highest BCUT2D eigenvalue weighted by atomic mass is 79.9. The molecule has 1 aliphatic rings. The molecule has 0 unspecified atom stereocenters. The second-order valence-electron chi connectivity index (χ2n) is 5.94. The van der Waals surface area contributed by atoms with Crippen molar-refractivity contribution in [3.63, 3.8) is 0 Å². The van der Waals surface area contributed by atoms with Gasteiger partial charge in [0.15, 0.2) is 0 Å². The molecule has 24 heavy (non-hydrogen) atoms. The number of esters is 1. The molecule has 0 aliphatic heterocycles. The average Bonchev–Trinajstić information content (AvgIpc) is 3.03. The number of hydrogen-bond donors (Lipinski definition) is 1. The Morgan fingerprint density at radius 3 is 2.96 bits per heavy atom. The van der Waals surface area contributed by atoms with E-state index in [0.717, 1.165) is 40.3 Å². The van der Waals surface area contributed by atoms with E-state index in [2.05, 4.69) is 26.2 Å². The van der Waals surface area contributed by atoms with Crippen LogP contribution in [0.25, 0.3) is 10.9 Å². The molecule has 1 aromatic heterocycles. The van der Waals surface area contributed by atoms with E-state index in [1.54, 1.807) is 20.2 Å². The predicted octanol–water partition coefficient (Wildman–Crippen LogP) is 4.15. The molecule has 1 saturated carbocycles. The summed E-state index contributed by atoms with van der Waals surface area (Å²) < 4.78 is 11.6. The molecule has 6 heteroatoms. The molecule has 5 nitrogen and oxygen atoms in total. The van der Waals surface area contributed by atoms with Crippen molar-refractivity contribution >= 4 is 38.5 Å². The normalized spacial score (nSPS) is 20.3. The Bertz CT molecular complexity index is 750. The number of carbonyl (C=O) groups is 1. The van der Waals surface area contributed by atoms with E-state index in [-0.39, 0.29) is 18.1 Å². The number of fused-ring (bicyclic) bond motifs is 1. The number of nitrogens with one attached hydrogen (secondary N) is 1. The summed E-state index contributed by atoms with van der Waals surface area (Å²) in [6.07, 6.45) is 4.83. The van der Waals surface area contributed by atoms with Crippen LogP contribution >= 0.6 is 15.9 Å². The highest BCUT2D eigenvalue weighted by Gasteiger charge is 2.26. The first kappa shape index (κ1) is 17.2. The number of hydrogen-bond acceptors (Lipinski definition) is 5. The van der Waals surface area contributed by atoms with E-state index in [1.165, 1.54) is 0 Å². The van der Waals surface area contributed by atoms with Crippen molar-refractivity contribution in [2.24, 2.45) is 0 Å². The fraction of sp³-hybridized carbons (Fsp3) is 0.444. The molecule has 128 valence electrons. The lowest BCUT2D eigenvalue weighted by Crippen LogP contribution is -2.20. The second kappa shape index (κ2) is 7.49. The molecule has 0 amide bonds. The van der Waals surface area contributed by atoms with Gasteiger partial charge in [0.2, 0.25) is 0 Å². The summed E-state index contributed by atoms with van der Waals surface area (Å²) in [6, 6.07) is 6.13. The third-order valence-corrected chi connectivity index (χ3v) is 4.88. The SMILES string of the molecule is CCOC(=O)c1cnc2ccc(Br)cc2c1N[C@@H]1CC[C@@H](OC)C1. The molecule has 0 saturated heterocycles. The van der Waals surface area contributed by atoms with Gasteiger partial charge in [-0.25, -0.2) is 4.79 Å². The van der Waals surface area contributed by atoms with Crippen LogP contribution in [-0.2, 0) is 9.47 Å². The number of halogens is 1. The maximum Gasteiger partial charge on any atom is 0.341 e. The summed E-state index contributed by atoms with van der Waals surface area (Å²) in [5.74, 6) is -0.351. The van der Waals surface area contributed by atoms with Crippen molar-refractivity contribution in [3.05, 3.63) is 34.4 Å². The third kappa shape index (κ3) is 3.54. The Morgan fingerprint density at radius 1 is 1.42 bits per heavy atom. The topological polar surface area (TPSA) is 60.5 Å². The van der Waals surface area contributed by atoms with Gasteiger partial charge in [0.1, 0.15) is 5.56 Å². The Kier molecular flexibility index (Phi) is 5.36. The molecule has 0 bridgehead atoms. The summed E-state index contributed by atoms with van der Waals surface area (Å²) in [5.41, 5.74) is 2.11. The summed E-state index contributed by atoms with van der Waals surface area (Å²) in [5, 5.41) is 4.45. The van der Waals surface area contributed by atoms with Gasteiger partial charge in [-0.05, 0) is 44.4 Å². The second-order valence-corrected chi connectivity index (χ2v) is 6.86. The summed E-state index contributed by atoms with van der Waals surface area (Å²) >= 11 is 3.50. The van der Waals surface area contributed by atoms with Crippen LogP contribution < -0.4 is 5.32 Å². The van der Waals surface area contributed by atoms with E-state index in [0.29, 0.717) is 12.2 Å². The first-order valence-electron chi connectivity index (χ1n) is 8.17. The number of carbonyl (C=O) groups excluding carboxylic acids is 1. The van der Waals surface area contributed by atoms with Crippen LogP contribution in [0.5, 0.6) is 0 Å². The van der Waals surface area contributed by atoms with E-state index < -0.39 is 0 Å². The number of aromatic nitrogens is 1. The number of ether oxygens (including phenoxy) is 2. The highest BCUT2D eigenvalue weighted by molar-refractivity contribution is 9.10. The van der Waals surface area contributed by atoms with Gasteiger partial charge in [-0.2, -0.15) is 0 Å². The number of anilines is 1. The van der Waals surface area contributed by atoms with Gasteiger partial charge in [-0.1, -0.05) is 15.9 Å². The van der Waals surface area contributed by atoms with Crippen molar-refractivity contribution in [1.82, 2.24) is 4.98 Å². The zero-order valence-corrected chi connectivity index (χ0v) is 15.4. The largest absolute Gasteiger partial charge is 0.462 e. The van der Waals surface area contributed by atoms with Gasteiger partial charge in [0.05, 0.1) is 23.9 Å². The molecule has 3 rings (SSSR count). The maximum absolute atomic E-state index is 12.3. The molecular formula is C18H21BrN2O3. The van der Waals surface area contributed by atoms with Crippen molar-refractivity contribution in [3.8, 4) is 0 Å². The first-order valence-corrected chi connectivity index (χ1v) is 8.96. The van der Waals surface area contributed by atoms with E-state index >= 15 is 0 Å². The lowest BCUT2D eigenvalue weighted by Gasteiger charge is -2.19. The molecule has 1 fully saturated rings. The summed E-state index contributed by atoms with van der Waals surface area (Å²) in [7, 11) is 1.75. The summed E-state index contributed by atoms with van der Waals surface area (Å²) in [6.45, 7) is 2.14. The molecule has 1 N–H and O–H groups in total. The molecule has 2 aromatic rings. The minimum Gasteiger partial charge on any atom is -0.462 e. The third-order valence-electron chi connectivity index (χ3n) is 4.39. The van der Waals surface area contributed by atoms with Gasteiger partial charge < -0.3 is 14.8 Å². The number of methoxy groups -OCH3 is 1. The monoisotopic (exact) mass is 392 g/mol. The van der Waals surface area contributed by atoms with Crippen LogP contribution in [0.2, 0.25) is 0 Å². The fourth-order valence-electron chi connectivity index (χ4n) is 3.17. The van der Waals surface area contributed by atoms with Crippen molar-refractivity contribution < 1.29 is 14.3 Å². The zero-order valence-electron chi connectivity index (χ0n) is 13.8. The molecule has 1 heterocycles. The van der Waals surface area contributed by atoms with E-state index in [1.807, 2.05) is 18.2 Å². The number of rotatable bonds is 5. The Balaban J connectivity index is 2.02. The van der Waals surface area contributed by atoms with E-state index in [4.69, 9.17) is 9.47 Å². The fourth-order valence-corrected chi connectivity index (χ4v) is 3.53. The molecule has 2 atom stereocenters. The summed E-state index contributed by atoms with van der Waals surface area (Å²) in [4.78, 5) is 16.8. The van der Waals surface area contributed by atoms with Gasteiger partial charge >= 0.3 is 5.97 Å². The van der Waals surface area contributed by atoms with Crippen LogP contribution in [0.3, 0.4) is 0 Å². The van der Waals surface area contributed by atoms with Crippen LogP contribution in [0.1, 0.15) is 36.5 Å². The first-order chi connectivity index (χ1) is 11.6. The standard InChI is InChI=1S/C18H21BrN2O3/c1-3-24-18(22)15-10-20-16-7-4-11(19)8-14(16)17(15)21-12-5-6-13(9-12)23-2/h4,7-8,10,12-13H,3,5-6,9H2,1-2H3,(H,20,21)/t12-,13-/m1/s1. The van der Waals surface area contributed by atoms with Crippen molar-refractivity contribution in [2.45, 2.75) is 38.3 Å². The molecule has 1 aromatic carbocycles. The van der Waals surface area contributed by atoms with Gasteiger partial charge in [-0.15, -0.1) is 0 Å². The molecular weight excluding hydrogens is 372 g/mol. The average molecular weight is 393 g/mol. The maximum atomic E-state index is 12.3. The molecule has 1 aliphatic carbocycles. The highest BCUT2D eigenvalue weighted by Crippen LogP contribution is 2.32. The number of pyridine rings is 1. The van der Waals surface area contributed by atoms with Gasteiger partial charge in [0.25, 0.3) is 0 Å².